The SMILES string of the molecule is CC(C)(C)[Si](C)(C)OCCc1ccccc1C(=O)S. The highest BCUT2D eigenvalue weighted by molar-refractivity contribution is 7.97. The van der Waals surface area contributed by atoms with Crippen molar-refractivity contribution in [3.8, 4) is 0 Å². The predicted molar refractivity (Wildman–Crippen MR) is 86.6 cm³/mol. The Bertz CT molecular complexity index is 450. The van der Waals surface area contributed by atoms with E-state index in [1.54, 1.807) is 0 Å². The molecule has 0 aromatic heterocycles. The summed E-state index contributed by atoms with van der Waals surface area (Å²) in [6.45, 7) is 11.8. The van der Waals surface area contributed by atoms with E-state index in [-0.39, 0.29) is 10.2 Å². The van der Waals surface area contributed by atoms with Crippen LogP contribution in [0.25, 0.3) is 0 Å². The van der Waals surface area contributed by atoms with E-state index in [0.29, 0.717) is 12.2 Å². The molecule has 1 rings (SSSR count). The summed E-state index contributed by atoms with van der Waals surface area (Å²) >= 11 is 3.91. The summed E-state index contributed by atoms with van der Waals surface area (Å²) in [6, 6.07) is 7.60. The minimum absolute atomic E-state index is 0.178. The summed E-state index contributed by atoms with van der Waals surface area (Å²) in [5.74, 6) is 0. The number of carbonyl (C=O) groups is 1. The summed E-state index contributed by atoms with van der Waals surface area (Å²) in [7, 11) is -1.71. The van der Waals surface area contributed by atoms with Gasteiger partial charge in [0.05, 0.1) is 0 Å². The highest BCUT2D eigenvalue weighted by Crippen LogP contribution is 2.36. The van der Waals surface area contributed by atoms with Gasteiger partial charge in [-0.3, -0.25) is 4.79 Å². The molecule has 0 heterocycles. The normalized spacial score (nSPS) is 12.5. The monoisotopic (exact) mass is 296 g/mol. The molecule has 0 atom stereocenters. The minimum atomic E-state index is -1.71. The van der Waals surface area contributed by atoms with E-state index in [1.807, 2.05) is 24.3 Å². The zero-order valence-corrected chi connectivity index (χ0v) is 14.4. The Morgan fingerprint density at radius 2 is 1.84 bits per heavy atom. The summed E-state index contributed by atoms with van der Waals surface area (Å²) in [6.07, 6.45) is 0.759. The Hall–Kier alpha value is -0.583. The average molecular weight is 297 g/mol. The van der Waals surface area contributed by atoms with E-state index in [2.05, 4.69) is 46.5 Å². The number of rotatable bonds is 5. The molecule has 0 N–H and O–H groups in total. The molecule has 0 amide bonds. The molecule has 0 saturated heterocycles. The van der Waals surface area contributed by atoms with Crippen LogP contribution in [0.2, 0.25) is 18.1 Å². The molecule has 0 bridgehead atoms. The molecule has 2 nitrogen and oxygen atoms in total. The number of hydrogen-bond donors (Lipinski definition) is 1. The molecule has 106 valence electrons. The Morgan fingerprint density at radius 3 is 2.37 bits per heavy atom. The van der Waals surface area contributed by atoms with Crippen LogP contribution in [0.1, 0.15) is 36.7 Å². The summed E-state index contributed by atoms with van der Waals surface area (Å²) < 4.78 is 6.14. The zero-order valence-electron chi connectivity index (χ0n) is 12.5. The first kappa shape index (κ1) is 16.5. The number of carbonyl (C=O) groups excluding carboxylic acids is 1. The third-order valence-corrected chi connectivity index (χ3v) is 8.67. The summed E-state index contributed by atoms with van der Waals surface area (Å²) in [5, 5.41) is 0.0363. The fraction of sp³-hybridized carbons (Fsp3) is 0.533. The lowest BCUT2D eigenvalue weighted by atomic mass is 10.1. The molecule has 1 aromatic rings. The average Bonchev–Trinajstić information content (AvgIpc) is 2.27. The van der Waals surface area contributed by atoms with E-state index in [0.717, 1.165) is 12.0 Å². The van der Waals surface area contributed by atoms with Gasteiger partial charge in [-0.2, -0.15) is 0 Å². The number of benzene rings is 1. The first-order valence-electron chi connectivity index (χ1n) is 6.60. The standard InChI is InChI=1S/C15H24O2SSi/c1-15(2,3)19(4,5)17-11-10-12-8-6-7-9-13(12)14(16)18/h6-9H,10-11H2,1-5H3,(H,16,18). The topological polar surface area (TPSA) is 26.3 Å². The van der Waals surface area contributed by atoms with Crippen molar-refractivity contribution in [2.75, 3.05) is 6.61 Å². The quantitative estimate of drug-likeness (QED) is 0.647. The van der Waals surface area contributed by atoms with Gasteiger partial charge in [-0.25, -0.2) is 0 Å². The van der Waals surface area contributed by atoms with Crippen LogP contribution in [0.3, 0.4) is 0 Å². The second-order valence-electron chi connectivity index (χ2n) is 6.32. The first-order chi connectivity index (χ1) is 8.65. The summed E-state index contributed by atoms with van der Waals surface area (Å²) in [4.78, 5) is 11.4. The molecule has 4 heteroatoms. The van der Waals surface area contributed by atoms with Gasteiger partial charge in [0.15, 0.2) is 8.32 Å². The molecular formula is C15H24O2SSi. The van der Waals surface area contributed by atoms with E-state index in [1.165, 1.54) is 0 Å². The smallest absolute Gasteiger partial charge is 0.216 e. The Morgan fingerprint density at radius 1 is 1.26 bits per heavy atom. The molecule has 0 spiro atoms. The first-order valence-corrected chi connectivity index (χ1v) is 9.96. The van der Waals surface area contributed by atoms with Crippen LogP contribution in [0.15, 0.2) is 24.3 Å². The fourth-order valence-corrected chi connectivity index (χ4v) is 2.84. The van der Waals surface area contributed by atoms with Gasteiger partial charge in [0.1, 0.15) is 0 Å². The maximum atomic E-state index is 11.4. The molecule has 0 fully saturated rings. The van der Waals surface area contributed by atoms with Gasteiger partial charge in [-0.15, -0.1) is 12.6 Å². The summed E-state index contributed by atoms with van der Waals surface area (Å²) in [5.41, 5.74) is 1.70. The van der Waals surface area contributed by atoms with Crippen molar-refractivity contribution in [1.29, 1.82) is 0 Å². The van der Waals surface area contributed by atoms with E-state index < -0.39 is 8.32 Å². The zero-order chi connectivity index (χ0) is 14.7. The third kappa shape index (κ3) is 4.47. The minimum Gasteiger partial charge on any atom is -0.416 e. The second-order valence-corrected chi connectivity index (χ2v) is 11.5. The lowest BCUT2D eigenvalue weighted by Crippen LogP contribution is -2.41. The molecule has 0 unspecified atom stereocenters. The predicted octanol–water partition coefficient (Wildman–Crippen LogP) is 4.32. The Balaban J connectivity index is 2.67. The van der Waals surface area contributed by atoms with Crippen LogP contribution in [-0.2, 0) is 10.8 Å². The van der Waals surface area contributed by atoms with E-state index in [9.17, 15) is 4.79 Å². The van der Waals surface area contributed by atoms with Crippen molar-refractivity contribution in [3.05, 3.63) is 35.4 Å². The van der Waals surface area contributed by atoms with Crippen LogP contribution in [0.5, 0.6) is 0 Å². The molecule has 0 radical (unpaired) electrons. The number of hydrogen-bond acceptors (Lipinski definition) is 2. The van der Waals surface area contributed by atoms with Crippen LogP contribution in [0, 0.1) is 0 Å². The van der Waals surface area contributed by atoms with Crippen LogP contribution in [0.4, 0.5) is 0 Å². The van der Waals surface area contributed by atoms with Gasteiger partial charge in [0.25, 0.3) is 0 Å². The van der Waals surface area contributed by atoms with E-state index >= 15 is 0 Å². The van der Waals surface area contributed by atoms with Gasteiger partial charge in [0.2, 0.25) is 5.12 Å². The molecule has 0 aliphatic carbocycles. The highest BCUT2D eigenvalue weighted by Gasteiger charge is 2.36. The molecule has 19 heavy (non-hydrogen) atoms. The van der Waals surface area contributed by atoms with Crippen molar-refractivity contribution in [2.24, 2.45) is 0 Å². The maximum absolute atomic E-state index is 11.4. The van der Waals surface area contributed by atoms with Crippen molar-refractivity contribution < 1.29 is 9.22 Å². The second kappa shape index (κ2) is 6.24. The van der Waals surface area contributed by atoms with Gasteiger partial charge >= 0.3 is 0 Å². The van der Waals surface area contributed by atoms with Gasteiger partial charge in [0, 0.05) is 12.2 Å². The van der Waals surface area contributed by atoms with Crippen molar-refractivity contribution in [1.82, 2.24) is 0 Å². The Labute approximate surface area is 123 Å². The van der Waals surface area contributed by atoms with Crippen LogP contribution < -0.4 is 0 Å². The molecule has 1 aromatic carbocycles. The Kier molecular flexibility index (Phi) is 5.41. The van der Waals surface area contributed by atoms with E-state index in [4.69, 9.17) is 4.43 Å². The van der Waals surface area contributed by atoms with Crippen molar-refractivity contribution >= 4 is 26.1 Å². The third-order valence-electron chi connectivity index (χ3n) is 3.89. The highest BCUT2D eigenvalue weighted by atomic mass is 32.1. The fourth-order valence-electron chi connectivity index (χ4n) is 1.58. The molecule has 0 aliphatic rings. The maximum Gasteiger partial charge on any atom is 0.216 e. The van der Waals surface area contributed by atoms with Gasteiger partial charge in [-0.1, -0.05) is 45.0 Å². The van der Waals surface area contributed by atoms with Crippen LogP contribution >= 0.6 is 12.6 Å². The largest absolute Gasteiger partial charge is 0.416 e. The molecular weight excluding hydrogens is 272 g/mol. The molecule has 0 aliphatic heterocycles. The van der Waals surface area contributed by atoms with Crippen LogP contribution in [-0.4, -0.2) is 20.0 Å². The lowest BCUT2D eigenvalue weighted by Gasteiger charge is -2.36. The van der Waals surface area contributed by atoms with Crippen molar-refractivity contribution in [3.63, 3.8) is 0 Å². The van der Waals surface area contributed by atoms with Gasteiger partial charge < -0.3 is 4.43 Å². The molecule has 0 saturated carbocycles. The number of thiol groups is 1. The lowest BCUT2D eigenvalue weighted by molar-refractivity contribution is 0.109. The van der Waals surface area contributed by atoms with Crippen molar-refractivity contribution in [2.45, 2.75) is 45.3 Å². The van der Waals surface area contributed by atoms with Gasteiger partial charge in [-0.05, 0) is 30.1 Å².